The van der Waals surface area contributed by atoms with Crippen LogP contribution in [0.25, 0.3) is 6.08 Å². The molecule has 2 heterocycles. The molecule has 9 nitrogen and oxygen atoms in total. The molecule has 0 bridgehead atoms. The summed E-state index contributed by atoms with van der Waals surface area (Å²) in [5.74, 6) is 1.46. The minimum atomic E-state index is -0.535. The van der Waals surface area contributed by atoms with Crippen molar-refractivity contribution in [2.75, 3.05) is 7.11 Å². The van der Waals surface area contributed by atoms with E-state index in [2.05, 4.69) is 15.6 Å². The van der Waals surface area contributed by atoms with Crippen LogP contribution in [0.3, 0.4) is 0 Å². The SMILES string of the molecule is CCC1=NN(C#N)C(NC(=O)C=Cc2ccc(OCc3cc(C)on3)c(OC)c2)S1. The van der Waals surface area contributed by atoms with Crippen LogP contribution in [-0.2, 0) is 11.4 Å². The first-order chi connectivity index (χ1) is 14.5. The number of nitriles is 1. The number of aromatic nitrogens is 1. The molecule has 1 aliphatic heterocycles. The van der Waals surface area contributed by atoms with Gasteiger partial charge < -0.3 is 19.3 Å². The minimum Gasteiger partial charge on any atom is -0.493 e. The number of hydrazone groups is 1. The van der Waals surface area contributed by atoms with Crippen LogP contribution in [0.2, 0.25) is 0 Å². The maximum atomic E-state index is 12.2. The van der Waals surface area contributed by atoms with Crippen LogP contribution >= 0.6 is 11.8 Å². The van der Waals surface area contributed by atoms with Crippen LogP contribution in [0.15, 0.2) is 40.0 Å². The van der Waals surface area contributed by atoms with E-state index in [1.165, 1.54) is 22.8 Å². The van der Waals surface area contributed by atoms with E-state index in [9.17, 15) is 4.79 Å². The predicted octanol–water partition coefficient (Wildman–Crippen LogP) is 3.24. The number of carbonyl (C=O) groups is 1. The average Bonchev–Trinajstić information content (AvgIpc) is 3.36. The van der Waals surface area contributed by atoms with Crippen molar-refractivity contribution in [3.8, 4) is 17.7 Å². The highest BCUT2D eigenvalue weighted by atomic mass is 32.2. The van der Waals surface area contributed by atoms with Gasteiger partial charge in [-0.25, -0.2) is 0 Å². The second-order valence-electron chi connectivity index (χ2n) is 6.23. The monoisotopic (exact) mass is 427 g/mol. The van der Waals surface area contributed by atoms with Crippen LogP contribution in [-0.4, -0.2) is 33.7 Å². The maximum Gasteiger partial charge on any atom is 0.246 e. The number of nitrogens with zero attached hydrogens (tertiary/aromatic N) is 4. The van der Waals surface area contributed by atoms with Crippen LogP contribution in [0.4, 0.5) is 0 Å². The third kappa shape index (κ3) is 5.33. The van der Waals surface area contributed by atoms with Crippen LogP contribution < -0.4 is 14.8 Å². The molecular weight excluding hydrogens is 406 g/mol. The number of hydrogen-bond donors (Lipinski definition) is 1. The van der Waals surface area contributed by atoms with E-state index in [0.29, 0.717) is 29.4 Å². The molecule has 10 heteroatoms. The molecule has 1 unspecified atom stereocenters. The molecule has 1 N–H and O–H groups in total. The van der Waals surface area contributed by atoms with Crippen molar-refractivity contribution in [2.24, 2.45) is 5.10 Å². The molecule has 3 rings (SSSR count). The third-order valence-corrected chi connectivity index (χ3v) is 5.21. The summed E-state index contributed by atoms with van der Waals surface area (Å²) in [6.07, 6.45) is 5.70. The summed E-state index contributed by atoms with van der Waals surface area (Å²) in [6.45, 7) is 4.01. The lowest BCUT2D eigenvalue weighted by Crippen LogP contribution is -2.38. The Hall–Kier alpha value is -3.45. The summed E-state index contributed by atoms with van der Waals surface area (Å²) in [5, 5.41) is 21.9. The number of aryl methyl sites for hydroxylation is 1. The van der Waals surface area contributed by atoms with Crippen LogP contribution in [0.5, 0.6) is 11.5 Å². The van der Waals surface area contributed by atoms with Crippen molar-refractivity contribution < 1.29 is 18.8 Å². The molecule has 0 aliphatic carbocycles. The quantitative estimate of drug-likeness (QED) is 0.505. The highest BCUT2D eigenvalue weighted by Crippen LogP contribution is 2.29. The van der Waals surface area contributed by atoms with E-state index in [-0.39, 0.29) is 12.5 Å². The fourth-order valence-electron chi connectivity index (χ4n) is 2.58. The standard InChI is InChI=1S/C20H21N5O4S/c1-4-19-23-25(12-21)20(30-19)22-18(26)8-6-14-5-7-16(17(10-14)27-3)28-11-15-9-13(2)29-24-15/h5-10,20H,4,11H2,1-3H3,(H,22,26). The molecule has 30 heavy (non-hydrogen) atoms. The van der Waals surface area contributed by atoms with E-state index in [1.54, 1.807) is 37.5 Å². The minimum absolute atomic E-state index is 0.252. The molecule has 1 amide bonds. The van der Waals surface area contributed by atoms with E-state index in [4.69, 9.17) is 19.3 Å². The lowest BCUT2D eigenvalue weighted by atomic mass is 10.2. The molecule has 1 aromatic carbocycles. The van der Waals surface area contributed by atoms with Crippen molar-refractivity contribution in [1.29, 1.82) is 5.26 Å². The lowest BCUT2D eigenvalue weighted by molar-refractivity contribution is -0.117. The Morgan fingerprint density at radius 3 is 2.93 bits per heavy atom. The van der Waals surface area contributed by atoms with Gasteiger partial charge in [0, 0.05) is 12.1 Å². The lowest BCUT2D eigenvalue weighted by Gasteiger charge is -2.14. The summed E-state index contributed by atoms with van der Waals surface area (Å²) < 4.78 is 16.1. The molecule has 0 spiro atoms. The first-order valence-electron chi connectivity index (χ1n) is 9.17. The molecule has 0 radical (unpaired) electrons. The average molecular weight is 427 g/mol. The summed E-state index contributed by atoms with van der Waals surface area (Å²) in [7, 11) is 1.54. The first-order valence-corrected chi connectivity index (χ1v) is 10.0. The van der Waals surface area contributed by atoms with Gasteiger partial charge in [-0.15, -0.1) is 0 Å². The number of methoxy groups -OCH3 is 1. The number of thioether (sulfide) groups is 1. The molecule has 156 valence electrons. The van der Waals surface area contributed by atoms with Crippen LogP contribution in [0, 0.1) is 18.4 Å². The molecule has 1 atom stereocenters. The van der Waals surface area contributed by atoms with Gasteiger partial charge in [0.15, 0.2) is 17.0 Å². The molecule has 1 aliphatic rings. The van der Waals surface area contributed by atoms with Gasteiger partial charge in [-0.3, -0.25) is 4.79 Å². The number of nitrogens with one attached hydrogen (secondary N) is 1. The summed E-state index contributed by atoms with van der Waals surface area (Å²) in [4.78, 5) is 12.2. The van der Waals surface area contributed by atoms with Gasteiger partial charge in [-0.2, -0.15) is 15.4 Å². The molecular formula is C20H21N5O4S. The summed E-state index contributed by atoms with van der Waals surface area (Å²) in [6, 6.07) is 7.12. The zero-order valence-corrected chi connectivity index (χ0v) is 17.6. The molecule has 0 saturated heterocycles. The number of amides is 1. The Bertz CT molecular complexity index is 1010. The number of hydrogen-bond acceptors (Lipinski definition) is 9. The summed E-state index contributed by atoms with van der Waals surface area (Å²) >= 11 is 1.35. The summed E-state index contributed by atoms with van der Waals surface area (Å²) in [5.41, 5.74) is 0.905. The topological polar surface area (TPSA) is 113 Å². The van der Waals surface area contributed by atoms with Gasteiger partial charge in [0.2, 0.25) is 12.1 Å². The number of benzene rings is 1. The Balaban J connectivity index is 1.60. The highest BCUT2D eigenvalue weighted by molar-refractivity contribution is 8.14. The predicted molar refractivity (Wildman–Crippen MR) is 112 cm³/mol. The number of carbonyl (C=O) groups excluding carboxylic acids is 1. The Morgan fingerprint density at radius 1 is 1.43 bits per heavy atom. The van der Waals surface area contributed by atoms with E-state index in [0.717, 1.165) is 10.6 Å². The molecule has 1 aromatic heterocycles. The smallest absolute Gasteiger partial charge is 0.246 e. The molecule has 0 saturated carbocycles. The maximum absolute atomic E-state index is 12.2. The van der Waals surface area contributed by atoms with Crippen molar-refractivity contribution in [1.82, 2.24) is 15.5 Å². The number of ether oxygens (including phenoxy) is 2. The zero-order chi connectivity index (χ0) is 21.5. The van der Waals surface area contributed by atoms with E-state index < -0.39 is 5.50 Å². The van der Waals surface area contributed by atoms with Gasteiger partial charge in [0.25, 0.3) is 0 Å². The zero-order valence-electron chi connectivity index (χ0n) is 16.8. The van der Waals surface area contributed by atoms with E-state index in [1.807, 2.05) is 20.0 Å². The van der Waals surface area contributed by atoms with Gasteiger partial charge in [0.05, 0.1) is 12.2 Å². The van der Waals surface area contributed by atoms with Crippen molar-refractivity contribution in [3.05, 3.63) is 47.4 Å². The van der Waals surface area contributed by atoms with Gasteiger partial charge in [-0.1, -0.05) is 29.9 Å². The second kappa shape index (κ2) is 9.84. The van der Waals surface area contributed by atoms with Gasteiger partial charge in [-0.05, 0) is 37.1 Å². The third-order valence-electron chi connectivity index (χ3n) is 4.03. The van der Waals surface area contributed by atoms with Crippen molar-refractivity contribution in [2.45, 2.75) is 32.4 Å². The largest absolute Gasteiger partial charge is 0.493 e. The van der Waals surface area contributed by atoms with Crippen molar-refractivity contribution in [3.63, 3.8) is 0 Å². The van der Waals surface area contributed by atoms with Crippen LogP contribution in [0.1, 0.15) is 30.4 Å². The fraction of sp³-hybridized carbons (Fsp3) is 0.300. The number of rotatable bonds is 8. The highest BCUT2D eigenvalue weighted by Gasteiger charge is 2.27. The Kier molecular flexibility index (Phi) is 6.98. The normalized spacial score (nSPS) is 15.7. The molecule has 2 aromatic rings. The van der Waals surface area contributed by atoms with Gasteiger partial charge >= 0.3 is 0 Å². The van der Waals surface area contributed by atoms with Crippen molar-refractivity contribution >= 4 is 28.8 Å². The Morgan fingerprint density at radius 2 is 2.27 bits per heavy atom. The van der Waals surface area contributed by atoms with Gasteiger partial charge in [0.1, 0.15) is 18.1 Å². The fourth-order valence-corrected chi connectivity index (χ4v) is 3.51. The molecule has 0 fully saturated rings. The first kappa shape index (κ1) is 21.3. The second-order valence-corrected chi connectivity index (χ2v) is 7.39. The van der Waals surface area contributed by atoms with E-state index >= 15 is 0 Å². The Labute approximate surface area is 178 Å².